The highest BCUT2D eigenvalue weighted by Crippen LogP contribution is 2.14. The second-order valence-electron chi connectivity index (χ2n) is 3.87. The van der Waals surface area contributed by atoms with Gasteiger partial charge in [-0.2, -0.15) is 5.26 Å². The van der Waals surface area contributed by atoms with Gasteiger partial charge in [-0.15, -0.1) is 0 Å². The maximum Gasteiger partial charge on any atom is 0.239 e. The Morgan fingerprint density at radius 2 is 2.17 bits per heavy atom. The van der Waals surface area contributed by atoms with E-state index in [9.17, 15) is 9.00 Å². The quantitative estimate of drug-likeness (QED) is 0.884. The number of amides is 1. The van der Waals surface area contributed by atoms with Crippen LogP contribution in [0.1, 0.15) is 25.8 Å². The molecule has 0 aliphatic heterocycles. The molecule has 2 unspecified atom stereocenters. The zero-order valence-corrected chi connectivity index (χ0v) is 11.3. The van der Waals surface area contributed by atoms with E-state index in [2.05, 4.69) is 5.32 Å². The number of hydrogen-bond donors (Lipinski definition) is 1. The molecule has 0 aliphatic rings. The van der Waals surface area contributed by atoms with Crippen LogP contribution in [0.25, 0.3) is 0 Å². The molecule has 4 nitrogen and oxygen atoms in total. The molecular weight excluding hydrogens is 248 g/mol. The minimum atomic E-state index is -1.17. The van der Waals surface area contributed by atoms with E-state index in [0.29, 0.717) is 17.0 Å². The normalized spacial score (nSPS) is 13.4. The molecule has 18 heavy (non-hydrogen) atoms. The van der Waals surface area contributed by atoms with Crippen LogP contribution in [0.2, 0.25) is 0 Å². The highest BCUT2D eigenvalue weighted by molar-refractivity contribution is 7.86. The number of hydrogen-bond acceptors (Lipinski definition) is 3. The summed E-state index contributed by atoms with van der Waals surface area (Å²) in [5.41, 5.74) is 0.865. The summed E-state index contributed by atoms with van der Waals surface area (Å²) in [6.07, 6.45) is 0.777. The third-order valence-corrected chi connectivity index (χ3v) is 4.29. The van der Waals surface area contributed by atoms with Gasteiger partial charge in [0.2, 0.25) is 5.91 Å². The molecule has 5 heteroatoms. The van der Waals surface area contributed by atoms with Gasteiger partial charge in [0.15, 0.2) is 0 Å². The van der Waals surface area contributed by atoms with Crippen molar-refractivity contribution in [2.45, 2.75) is 25.5 Å². The van der Waals surface area contributed by atoms with Crippen LogP contribution in [0, 0.1) is 11.3 Å². The van der Waals surface area contributed by atoms with Gasteiger partial charge >= 0.3 is 0 Å². The number of anilines is 1. The first-order chi connectivity index (χ1) is 8.60. The molecule has 0 heterocycles. The number of benzene rings is 1. The third-order valence-electron chi connectivity index (χ3n) is 2.47. The van der Waals surface area contributed by atoms with Gasteiger partial charge in [-0.05, 0) is 25.5 Å². The van der Waals surface area contributed by atoms with Gasteiger partial charge in [-0.25, -0.2) is 0 Å². The molecule has 1 amide bonds. The summed E-state index contributed by atoms with van der Waals surface area (Å²) in [5.74, 6) is 0.193. The minimum absolute atomic E-state index is 0.315. The molecule has 0 fully saturated rings. The Bertz CT molecular complexity index is 494. The Balaban J connectivity index is 2.76. The lowest BCUT2D eigenvalue weighted by atomic mass is 10.2. The number of carbonyl (C=O) groups is 1. The number of nitrogens with one attached hydrogen (secondary N) is 1. The fourth-order valence-electron chi connectivity index (χ4n) is 1.42. The van der Waals surface area contributed by atoms with Gasteiger partial charge in [0.1, 0.15) is 11.3 Å². The van der Waals surface area contributed by atoms with Gasteiger partial charge in [0.05, 0.1) is 11.3 Å². The molecule has 0 aliphatic carbocycles. The van der Waals surface area contributed by atoms with Crippen molar-refractivity contribution in [2.24, 2.45) is 0 Å². The molecule has 1 aromatic carbocycles. The lowest BCUT2D eigenvalue weighted by Crippen LogP contribution is -2.30. The summed E-state index contributed by atoms with van der Waals surface area (Å²) in [4.78, 5) is 11.9. The predicted octanol–water partition coefficient (Wildman–Crippen LogP) is 2.04. The fourth-order valence-corrected chi connectivity index (χ4v) is 2.47. The molecule has 1 N–H and O–H groups in total. The predicted molar refractivity (Wildman–Crippen MR) is 72.5 cm³/mol. The summed E-state index contributed by atoms with van der Waals surface area (Å²) in [7, 11) is -1.17. The second-order valence-corrected chi connectivity index (χ2v) is 5.75. The Morgan fingerprint density at radius 1 is 1.50 bits per heavy atom. The Labute approximate surface area is 109 Å². The topological polar surface area (TPSA) is 70.0 Å². The molecule has 0 saturated heterocycles. The van der Waals surface area contributed by atoms with E-state index in [4.69, 9.17) is 5.26 Å². The van der Waals surface area contributed by atoms with Gasteiger partial charge in [0, 0.05) is 16.6 Å². The van der Waals surface area contributed by atoms with Crippen LogP contribution in [0.15, 0.2) is 24.3 Å². The molecule has 1 rings (SSSR count). The van der Waals surface area contributed by atoms with Crippen molar-refractivity contribution in [3.05, 3.63) is 29.8 Å². The first-order valence-corrected chi connectivity index (χ1v) is 7.15. The van der Waals surface area contributed by atoms with Crippen molar-refractivity contribution < 1.29 is 9.00 Å². The summed E-state index contributed by atoms with van der Waals surface area (Å²) >= 11 is 0. The van der Waals surface area contributed by atoms with E-state index >= 15 is 0 Å². The summed E-state index contributed by atoms with van der Waals surface area (Å²) in [5, 5.41) is 11.0. The lowest BCUT2D eigenvalue weighted by molar-refractivity contribution is -0.115. The maximum absolute atomic E-state index is 11.9. The SMILES string of the molecule is CCCS(=O)C(C)C(=O)Nc1ccccc1C#N. The average Bonchev–Trinajstić information content (AvgIpc) is 2.38. The van der Waals surface area contributed by atoms with E-state index < -0.39 is 16.0 Å². The summed E-state index contributed by atoms with van der Waals surface area (Å²) in [6, 6.07) is 8.76. The molecular formula is C13H16N2O2S. The van der Waals surface area contributed by atoms with Crippen LogP contribution in [0.5, 0.6) is 0 Å². The zero-order chi connectivity index (χ0) is 13.5. The number of nitriles is 1. The highest BCUT2D eigenvalue weighted by atomic mass is 32.2. The van der Waals surface area contributed by atoms with E-state index in [1.807, 2.05) is 13.0 Å². The number of rotatable bonds is 5. The van der Waals surface area contributed by atoms with Crippen LogP contribution in [0.4, 0.5) is 5.69 Å². The monoisotopic (exact) mass is 264 g/mol. The third kappa shape index (κ3) is 3.67. The number of carbonyl (C=O) groups excluding carboxylic acids is 1. The van der Waals surface area contributed by atoms with Crippen molar-refractivity contribution in [1.82, 2.24) is 0 Å². The van der Waals surface area contributed by atoms with E-state index in [-0.39, 0.29) is 5.91 Å². The standard InChI is InChI=1S/C13H16N2O2S/c1-3-8-18(17)10(2)13(16)15-12-7-5-4-6-11(12)9-14/h4-7,10H,3,8H2,1-2H3,(H,15,16). The van der Waals surface area contributed by atoms with Gasteiger partial charge < -0.3 is 5.32 Å². The first-order valence-electron chi connectivity index (χ1n) is 5.77. The molecule has 0 spiro atoms. The van der Waals surface area contributed by atoms with Gasteiger partial charge in [0.25, 0.3) is 0 Å². The Morgan fingerprint density at radius 3 is 2.78 bits per heavy atom. The smallest absolute Gasteiger partial charge is 0.239 e. The van der Waals surface area contributed by atoms with Crippen molar-refractivity contribution in [2.75, 3.05) is 11.1 Å². The van der Waals surface area contributed by atoms with Crippen LogP contribution >= 0.6 is 0 Å². The van der Waals surface area contributed by atoms with Crippen molar-refractivity contribution >= 4 is 22.4 Å². The van der Waals surface area contributed by atoms with E-state index in [1.54, 1.807) is 31.2 Å². The highest BCUT2D eigenvalue weighted by Gasteiger charge is 2.19. The summed E-state index contributed by atoms with van der Waals surface area (Å²) in [6.45, 7) is 3.56. The molecule has 0 radical (unpaired) electrons. The Hall–Kier alpha value is -1.67. The zero-order valence-electron chi connectivity index (χ0n) is 10.5. The van der Waals surface area contributed by atoms with Crippen LogP contribution in [-0.4, -0.2) is 21.1 Å². The molecule has 0 saturated carbocycles. The van der Waals surface area contributed by atoms with Crippen molar-refractivity contribution in [3.63, 3.8) is 0 Å². The molecule has 96 valence electrons. The van der Waals surface area contributed by atoms with Crippen LogP contribution in [0.3, 0.4) is 0 Å². The van der Waals surface area contributed by atoms with Crippen molar-refractivity contribution in [3.8, 4) is 6.07 Å². The van der Waals surface area contributed by atoms with E-state index in [1.165, 1.54) is 0 Å². The fraction of sp³-hybridized carbons (Fsp3) is 0.385. The van der Waals surface area contributed by atoms with Crippen molar-refractivity contribution in [1.29, 1.82) is 5.26 Å². The largest absolute Gasteiger partial charge is 0.324 e. The van der Waals surface area contributed by atoms with Crippen LogP contribution < -0.4 is 5.32 Å². The van der Waals surface area contributed by atoms with Gasteiger partial charge in [-0.1, -0.05) is 19.1 Å². The molecule has 1 aromatic rings. The summed E-state index contributed by atoms with van der Waals surface area (Å²) < 4.78 is 11.7. The maximum atomic E-state index is 11.9. The number of para-hydroxylation sites is 1. The number of nitrogens with zero attached hydrogens (tertiary/aromatic N) is 1. The second kappa shape index (κ2) is 6.92. The van der Waals surface area contributed by atoms with E-state index in [0.717, 1.165) is 6.42 Å². The van der Waals surface area contributed by atoms with Gasteiger partial charge in [-0.3, -0.25) is 9.00 Å². The molecule has 0 aromatic heterocycles. The minimum Gasteiger partial charge on any atom is -0.324 e. The first kappa shape index (κ1) is 14.4. The average molecular weight is 264 g/mol. The molecule has 0 bridgehead atoms. The lowest BCUT2D eigenvalue weighted by Gasteiger charge is -2.12. The van der Waals surface area contributed by atoms with Crippen LogP contribution in [-0.2, 0) is 15.6 Å². The Kier molecular flexibility index (Phi) is 5.53. The molecule has 2 atom stereocenters.